The second kappa shape index (κ2) is 6.28. The summed E-state index contributed by atoms with van der Waals surface area (Å²) in [4.78, 5) is 6.75. The first-order chi connectivity index (χ1) is 8.78. The predicted molar refractivity (Wildman–Crippen MR) is 73.7 cm³/mol. The minimum absolute atomic E-state index is 0.496. The van der Waals surface area contributed by atoms with Crippen molar-refractivity contribution < 1.29 is 0 Å². The van der Waals surface area contributed by atoms with E-state index in [9.17, 15) is 0 Å². The fraction of sp³-hybridized carbons (Fsp3) is 0.267. The third-order valence-electron chi connectivity index (χ3n) is 2.80. The molecule has 94 valence electrons. The Bertz CT molecular complexity index is 482. The van der Waals surface area contributed by atoms with Crippen molar-refractivity contribution in [2.75, 3.05) is 7.05 Å². The highest BCUT2D eigenvalue weighted by Crippen LogP contribution is 2.07. The number of rotatable bonds is 5. The van der Waals surface area contributed by atoms with Gasteiger partial charge in [-0.25, -0.2) is 0 Å². The van der Waals surface area contributed by atoms with Crippen LogP contribution in [0.1, 0.15) is 17.0 Å². The van der Waals surface area contributed by atoms with Gasteiger partial charge >= 0.3 is 0 Å². The lowest BCUT2D eigenvalue weighted by molar-refractivity contribution is 0.315. The Morgan fingerprint density at radius 3 is 2.39 bits per heavy atom. The zero-order valence-electron chi connectivity index (χ0n) is 10.7. The number of hydrogen-bond acceptors (Lipinski definition) is 3. The lowest BCUT2D eigenvalue weighted by atomic mass is 10.2. The van der Waals surface area contributed by atoms with Gasteiger partial charge in [0.05, 0.1) is 11.4 Å². The smallest absolute Gasteiger partial charge is 0.0547 e. The number of nitrogens with two attached hydrogens (primary N) is 1. The summed E-state index contributed by atoms with van der Waals surface area (Å²) < 4.78 is 0. The summed E-state index contributed by atoms with van der Waals surface area (Å²) in [6.45, 7) is 2.26. The van der Waals surface area contributed by atoms with Crippen LogP contribution in [0.2, 0.25) is 0 Å². The fourth-order valence-corrected chi connectivity index (χ4v) is 1.96. The van der Waals surface area contributed by atoms with E-state index in [2.05, 4.69) is 41.2 Å². The molecule has 0 saturated carbocycles. The van der Waals surface area contributed by atoms with Gasteiger partial charge in [-0.2, -0.15) is 0 Å². The lowest BCUT2D eigenvalue weighted by Crippen LogP contribution is -2.18. The largest absolute Gasteiger partial charge is 0.325 e. The second-order valence-corrected chi connectivity index (χ2v) is 4.48. The molecule has 2 rings (SSSR count). The van der Waals surface area contributed by atoms with E-state index in [1.165, 1.54) is 5.56 Å². The van der Waals surface area contributed by atoms with Gasteiger partial charge in [-0.3, -0.25) is 9.88 Å². The number of pyridine rings is 1. The number of benzene rings is 1. The Kier molecular flexibility index (Phi) is 4.45. The molecule has 0 aliphatic rings. The SMILES string of the molecule is CN(Cc1ccccc1)Cc1cccc(CN)n1. The highest BCUT2D eigenvalue weighted by Gasteiger charge is 2.03. The van der Waals surface area contributed by atoms with Crippen molar-refractivity contribution >= 4 is 0 Å². The molecule has 0 spiro atoms. The third-order valence-corrected chi connectivity index (χ3v) is 2.80. The highest BCUT2D eigenvalue weighted by molar-refractivity contribution is 5.15. The van der Waals surface area contributed by atoms with E-state index in [-0.39, 0.29) is 0 Å². The number of aromatic nitrogens is 1. The first kappa shape index (κ1) is 12.7. The first-order valence-electron chi connectivity index (χ1n) is 6.15. The van der Waals surface area contributed by atoms with Crippen molar-refractivity contribution in [3.05, 3.63) is 65.5 Å². The fourth-order valence-electron chi connectivity index (χ4n) is 1.96. The molecule has 0 radical (unpaired) electrons. The molecule has 0 saturated heterocycles. The van der Waals surface area contributed by atoms with Crippen LogP contribution in [-0.2, 0) is 19.6 Å². The van der Waals surface area contributed by atoms with E-state index in [0.29, 0.717) is 6.54 Å². The number of nitrogens with zero attached hydrogens (tertiary/aromatic N) is 2. The van der Waals surface area contributed by atoms with Gasteiger partial charge in [0.1, 0.15) is 0 Å². The molecule has 1 heterocycles. The van der Waals surface area contributed by atoms with Crippen LogP contribution in [0.5, 0.6) is 0 Å². The number of hydrogen-bond donors (Lipinski definition) is 1. The molecule has 0 fully saturated rings. The molecule has 3 nitrogen and oxygen atoms in total. The zero-order valence-corrected chi connectivity index (χ0v) is 10.7. The van der Waals surface area contributed by atoms with Crippen molar-refractivity contribution in [3.63, 3.8) is 0 Å². The molecule has 3 heteroatoms. The van der Waals surface area contributed by atoms with Gasteiger partial charge in [-0.15, -0.1) is 0 Å². The summed E-state index contributed by atoms with van der Waals surface area (Å²) in [6.07, 6.45) is 0. The zero-order chi connectivity index (χ0) is 12.8. The standard InChI is InChI=1S/C15H19N3/c1-18(11-13-6-3-2-4-7-13)12-15-9-5-8-14(10-16)17-15/h2-9H,10-12,16H2,1H3. The van der Waals surface area contributed by atoms with Crippen LogP contribution in [0.25, 0.3) is 0 Å². The summed E-state index contributed by atoms with van der Waals surface area (Å²) in [5, 5.41) is 0. The van der Waals surface area contributed by atoms with E-state index >= 15 is 0 Å². The van der Waals surface area contributed by atoms with Crippen LogP contribution in [0.15, 0.2) is 48.5 Å². The van der Waals surface area contributed by atoms with E-state index in [1.54, 1.807) is 0 Å². The van der Waals surface area contributed by atoms with Gasteiger partial charge in [-0.1, -0.05) is 36.4 Å². The average molecular weight is 241 g/mol. The van der Waals surface area contributed by atoms with Gasteiger partial charge in [0.15, 0.2) is 0 Å². The highest BCUT2D eigenvalue weighted by atomic mass is 15.1. The first-order valence-corrected chi connectivity index (χ1v) is 6.15. The summed E-state index contributed by atoms with van der Waals surface area (Å²) in [6, 6.07) is 16.5. The van der Waals surface area contributed by atoms with Gasteiger partial charge < -0.3 is 5.73 Å². The van der Waals surface area contributed by atoms with Crippen LogP contribution in [0.4, 0.5) is 0 Å². The van der Waals surface area contributed by atoms with Crippen molar-refractivity contribution in [2.24, 2.45) is 5.73 Å². The third kappa shape index (κ3) is 3.65. The second-order valence-electron chi connectivity index (χ2n) is 4.48. The van der Waals surface area contributed by atoms with E-state index in [4.69, 9.17) is 5.73 Å². The Morgan fingerprint density at radius 2 is 1.67 bits per heavy atom. The molecule has 0 aliphatic carbocycles. The lowest BCUT2D eigenvalue weighted by Gasteiger charge is -2.16. The Labute approximate surface area is 108 Å². The average Bonchev–Trinajstić information content (AvgIpc) is 2.40. The van der Waals surface area contributed by atoms with Crippen LogP contribution < -0.4 is 5.73 Å². The van der Waals surface area contributed by atoms with Crippen LogP contribution >= 0.6 is 0 Å². The molecule has 0 atom stereocenters. The minimum atomic E-state index is 0.496. The molecule has 2 aromatic rings. The van der Waals surface area contributed by atoms with E-state index in [1.807, 2.05) is 24.3 Å². The molecular formula is C15H19N3. The molecule has 18 heavy (non-hydrogen) atoms. The molecular weight excluding hydrogens is 222 g/mol. The summed E-state index contributed by atoms with van der Waals surface area (Å²) in [5.41, 5.74) is 8.92. The van der Waals surface area contributed by atoms with Crippen molar-refractivity contribution in [1.29, 1.82) is 0 Å². The molecule has 1 aromatic heterocycles. The summed E-state index contributed by atoms with van der Waals surface area (Å²) >= 11 is 0. The topological polar surface area (TPSA) is 42.1 Å². The van der Waals surface area contributed by atoms with Gasteiger partial charge in [0, 0.05) is 19.6 Å². The predicted octanol–water partition coefficient (Wildman–Crippen LogP) is 2.17. The van der Waals surface area contributed by atoms with Gasteiger partial charge in [0.25, 0.3) is 0 Å². The van der Waals surface area contributed by atoms with E-state index in [0.717, 1.165) is 24.5 Å². The maximum atomic E-state index is 5.60. The van der Waals surface area contributed by atoms with Crippen LogP contribution in [0.3, 0.4) is 0 Å². The normalized spacial score (nSPS) is 10.8. The monoisotopic (exact) mass is 241 g/mol. The van der Waals surface area contributed by atoms with Crippen LogP contribution in [0, 0.1) is 0 Å². The Hall–Kier alpha value is -1.71. The van der Waals surface area contributed by atoms with Crippen LogP contribution in [-0.4, -0.2) is 16.9 Å². The molecule has 0 bridgehead atoms. The summed E-state index contributed by atoms with van der Waals surface area (Å²) in [7, 11) is 2.10. The van der Waals surface area contributed by atoms with Crippen molar-refractivity contribution in [3.8, 4) is 0 Å². The van der Waals surface area contributed by atoms with Gasteiger partial charge in [0.2, 0.25) is 0 Å². The van der Waals surface area contributed by atoms with Crippen molar-refractivity contribution in [2.45, 2.75) is 19.6 Å². The molecule has 0 unspecified atom stereocenters. The maximum Gasteiger partial charge on any atom is 0.0547 e. The molecule has 0 aliphatic heterocycles. The Morgan fingerprint density at radius 1 is 0.944 bits per heavy atom. The van der Waals surface area contributed by atoms with Crippen molar-refractivity contribution in [1.82, 2.24) is 9.88 Å². The van der Waals surface area contributed by atoms with Gasteiger partial charge in [-0.05, 0) is 24.7 Å². The maximum absolute atomic E-state index is 5.60. The molecule has 2 N–H and O–H groups in total. The quantitative estimate of drug-likeness (QED) is 0.872. The Balaban J connectivity index is 1.96. The minimum Gasteiger partial charge on any atom is -0.325 e. The molecule has 0 amide bonds. The summed E-state index contributed by atoms with van der Waals surface area (Å²) in [5.74, 6) is 0. The molecule has 1 aromatic carbocycles. The van der Waals surface area contributed by atoms with E-state index < -0.39 is 0 Å².